The van der Waals surface area contributed by atoms with Crippen molar-refractivity contribution in [3.05, 3.63) is 43.6 Å². The van der Waals surface area contributed by atoms with E-state index in [-0.39, 0.29) is 0 Å². The molecule has 0 aromatic carbocycles. The third kappa shape index (κ3) is 4.19. The lowest BCUT2D eigenvalue weighted by atomic mass is 10.2. The summed E-state index contributed by atoms with van der Waals surface area (Å²) < 4.78 is 1.14. The number of pyridine rings is 1. The van der Waals surface area contributed by atoms with Crippen molar-refractivity contribution in [2.75, 3.05) is 11.9 Å². The molecular formula is C15H17BrClN3S. The zero-order valence-corrected chi connectivity index (χ0v) is 14.9. The second-order valence-electron chi connectivity index (χ2n) is 5.42. The summed E-state index contributed by atoms with van der Waals surface area (Å²) in [6, 6.07) is 4.84. The molecule has 0 saturated heterocycles. The van der Waals surface area contributed by atoms with Gasteiger partial charge in [-0.3, -0.25) is 0 Å². The Balaban J connectivity index is 1.65. The largest absolute Gasteiger partial charge is 0.354 e. The number of hydrogen-bond acceptors (Lipinski definition) is 4. The molecule has 1 aliphatic rings. The summed E-state index contributed by atoms with van der Waals surface area (Å²) in [4.78, 5) is 6.60. The van der Waals surface area contributed by atoms with Crippen molar-refractivity contribution in [1.29, 1.82) is 0 Å². The fraction of sp³-hybridized carbons (Fsp3) is 0.400. The van der Waals surface area contributed by atoms with Crippen LogP contribution in [0.3, 0.4) is 0 Å². The summed E-state index contributed by atoms with van der Waals surface area (Å²) in [5.74, 6) is 0.828. The Hall–Kier alpha value is -0.620. The van der Waals surface area contributed by atoms with Gasteiger partial charge in [0.25, 0.3) is 0 Å². The van der Waals surface area contributed by atoms with Crippen molar-refractivity contribution in [3.8, 4) is 0 Å². The quantitative estimate of drug-likeness (QED) is 0.795. The maximum Gasteiger partial charge on any atom is 0.147 e. The Morgan fingerprint density at radius 1 is 1.43 bits per heavy atom. The second kappa shape index (κ2) is 6.65. The summed E-state index contributed by atoms with van der Waals surface area (Å²) in [6.07, 6.45) is 4.49. The van der Waals surface area contributed by atoms with Gasteiger partial charge in [-0.15, -0.1) is 11.3 Å². The molecule has 0 atom stereocenters. The molecule has 0 bridgehead atoms. The Labute approximate surface area is 142 Å². The first-order valence-corrected chi connectivity index (χ1v) is 8.99. The van der Waals surface area contributed by atoms with E-state index in [4.69, 9.17) is 11.6 Å². The highest BCUT2D eigenvalue weighted by molar-refractivity contribution is 9.11. The third-order valence-corrected chi connectivity index (χ3v) is 5.29. The average Bonchev–Trinajstić information content (AvgIpc) is 3.19. The number of anilines is 1. The van der Waals surface area contributed by atoms with Crippen LogP contribution < -0.4 is 10.2 Å². The maximum absolute atomic E-state index is 6.39. The van der Waals surface area contributed by atoms with Gasteiger partial charge in [0, 0.05) is 32.4 Å². The minimum Gasteiger partial charge on any atom is -0.354 e. The molecule has 2 heterocycles. The third-order valence-electron chi connectivity index (χ3n) is 3.45. The Morgan fingerprint density at radius 3 is 2.86 bits per heavy atom. The van der Waals surface area contributed by atoms with E-state index in [1.807, 2.05) is 19.3 Å². The normalized spacial score (nSPS) is 14.4. The van der Waals surface area contributed by atoms with Gasteiger partial charge in [-0.25, -0.2) is 4.98 Å². The zero-order chi connectivity index (χ0) is 14.8. The molecule has 6 heteroatoms. The molecule has 0 spiro atoms. The van der Waals surface area contributed by atoms with Crippen molar-refractivity contribution in [2.45, 2.75) is 32.0 Å². The molecule has 1 saturated carbocycles. The molecular weight excluding hydrogens is 370 g/mol. The predicted octanol–water partition coefficient (Wildman–Crippen LogP) is 4.45. The highest BCUT2D eigenvalue weighted by atomic mass is 79.9. The van der Waals surface area contributed by atoms with Crippen molar-refractivity contribution >= 4 is 44.7 Å². The standard InChI is InChI=1S/C15H17BrClN3S/c1-20(8-11-5-14(16)21-9-11)15-13(17)4-10(7-19-15)6-18-12-2-3-12/h4-5,7,9,12,18H,2-3,6,8H2,1H3. The van der Waals surface area contributed by atoms with Crippen molar-refractivity contribution < 1.29 is 0 Å². The van der Waals surface area contributed by atoms with Crippen LogP contribution in [0.4, 0.5) is 5.82 Å². The van der Waals surface area contributed by atoms with E-state index in [1.54, 1.807) is 11.3 Å². The van der Waals surface area contributed by atoms with Crippen LogP contribution in [0.25, 0.3) is 0 Å². The first kappa shape index (κ1) is 15.3. The van der Waals surface area contributed by atoms with Crippen LogP contribution in [0.15, 0.2) is 27.5 Å². The number of aromatic nitrogens is 1. The molecule has 3 rings (SSSR count). The fourth-order valence-corrected chi connectivity index (χ4v) is 3.71. The topological polar surface area (TPSA) is 28.2 Å². The molecule has 3 nitrogen and oxygen atoms in total. The maximum atomic E-state index is 6.39. The van der Waals surface area contributed by atoms with Crippen LogP contribution >= 0.6 is 38.9 Å². The van der Waals surface area contributed by atoms with Gasteiger partial charge in [-0.1, -0.05) is 11.6 Å². The van der Waals surface area contributed by atoms with E-state index < -0.39 is 0 Å². The van der Waals surface area contributed by atoms with E-state index in [9.17, 15) is 0 Å². The predicted molar refractivity (Wildman–Crippen MR) is 93.2 cm³/mol. The Morgan fingerprint density at radius 2 is 2.24 bits per heavy atom. The van der Waals surface area contributed by atoms with Crippen molar-refractivity contribution in [3.63, 3.8) is 0 Å². The van der Waals surface area contributed by atoms with Crippen LogP contribution in [-0.2, 0) is 13.1 Å². The van der Waals surface area contributed by atoms with Gasteiger partial charge >= 0.3 is 0 Å². The summed E-state index contributed by atoms with van der Waals surface area (Å²) in [7, 11) is 2.02. The number of rotatable bonds is 6. The lowest BCUT2D eigenvalue weighted by Crippen LogP contribution is -2.19. The van der Waals surface area contributed by atoms with Gasteiger partial charge in [-0.2, -0.15) is 0 Å². The molecule has 2 aromatic heterocycles. The zero-order valence-electron chi connectivity index (χ0n) is 11.8. The first-order valence-electron chi connectivity index (χ1n) is 6.93. The van der Waals surface area contributed by atoms with Gasteiger partial charge in [0.15, 0.2) is 0 Å². The minimum absolute atomic E-state index is 0.697. The average molecular weight is 387 g/mol. The van der Waals surface area contributed by atoms with Crippen molar-refractivity contribution in [1.82, 2.24) is 10.3 Å². The monoisotopic (exact) mass is 385 g/mol. The Bertz CT molecular complexity index is 627. The highest BCUT2D eigenvalue weighted by Gasteiger charge is 2.20. The van der Waals surface area contributed by atoms with Gasteiger partial charge < -0.3 is 10.2 Å². The molecule has 0 aliphatic heterocycles. The minimum atomic E-state index is 0.697. The molecule has 1 aliphatic carbocycles. The number of thiophene rings is 1. The number of halogens is 2. The van der Waals surface area contributed by atoms with Crippen LogP contribution in [-0.4, -0.2) is 18.1 Å². The SMILES string of the molecule is CN(Cc1csc(Br)c1)c1ncc(CNC2CC2)cc1Cl. The molecule has 112 valence electrons. The van der Waals surface area contributed by atoms with E-state index in [0.717, 1.165) is 28.3 Å². The summed E-state index contributed by atoms with van der Waals surface area (Å²) in [6.45, 7) is 1.65. The molecule has 1 fully saturated rings. The lowest BCUT2D eigenvalue weighted by Gasteiger charge is -2.19. The summed E-state index contributed by atoms with van der Waals surface area (Å²) in [5, 5.41) is 6.33. The van der Waals surface area contributed by atoms with Gasteiger partial charge in [0.1, 0.15) is 5.82 Å². The van der Waals surface area contributed by atoms with Crippen LogP contribution in [0, 0.1) is 0 Å². The van der Waals surface area contributed by atoms with Crippen LogP contribution in [0.2, 0.25) is 5.02 Å². The number of hydrogen-bond donors (Lipinski definition) is 1. The molecule has 0 amide bonds. The second-order valence-corrected chi connectivity index (χ2v) is 8.12. The molecule has 2 aromatic rings. The van der Waals surface area contributed by atoms with Gasteiger partial charge in [0.05, 0.1) is 8.81 Å². The smallest absolute Gasteiger partial charge is 0.147 e. The lowest BCUT2D eigenvalue weighted by molar-refractivity contribution is 0.685. The number of nitrogens with zero attached hydrogens (tertiary/aromatic N) is 2. The van der Waals surface area contributed by atoms with E-state index >= 15 is 0 Å². The Kier molecular flexibility index (Phi) is 4.84. The number of nitrogens with one attached hydrogen (secondary N) is 1. The first-order chi connectivity index (χ1) is 10.1. The van der Waals surface area contributed by atoms with Crippen molar-refractivity contribution in [2.24, 2.45) is 0 Å². The van der Waals surface area contributed by atoms with E-state index in [0.29, 0.717) is 11.1 Å². The van der Waals surface area contributed by atoms with Crippen LogP contribution in [0.5, 0.6) is 0 Å². The van der Waals surface area contributed by atoms with Crippen LogP contribution in [0.1, 0.15) is 24.0 Å². The molecule has 0 unspecified atom stereocenters. The molecule has 0 radical (unpaired) electrons. The molecule has 1 N–H and O–H groups in total. The van der Waals surface area contributed by atoms with Gasteiger partial charge in [-0.05, 0) is 57.4 Å². The van der Waals surface area contributed by atoms with Gasteiger partial charge in [0.2, 0.25) is 0 Å². The summed E-state index contributed by atoms with van der Waals surface area (Å²) >= 11 is 11.6. The summed E-state index contributed by atoms with van der Waals surface area (Å²) in [5.41, 5.74) is 2.40. The van der Waals surface area contributed by atoms with E-state index in [2.05, 4.69) is 42.6 Å². The van der Waals surface area contributed by atoms with E-state index in [1.165, 1.54) is 18.4 Å². The highest BCUT2D eigenvalue weighted by Crippen LogP contribution is 2.27. The molecule has 21 heavy (non-hydrogen) atoms. The fourth-order valence-electron chi connectivity index (χ4n) is 2.17.